The van der Waals surface area contributed by atoms with Gasteiger partial charge in [0.15, 0.2) is 11.5 Å². The van der Waals surface area contributed by atoms with E-state index in [1.54, 1.807) is 12.1 Å². The van der Waals surface area contributed by atoms with Gasteiger partial charge in [-0.1, -0.05) is 53.6 Å². The van der Waals surface area contributed by atoms with E-state index in [9.17, 15) is 4.39 Å². The van der Waals surface area contributed by atoms with Crippen LogP contribution in [0.5, 0.6) is 11.5 Å². The molecule has 5 heteroatoms. The summed E-state index contributed by atoms with van der Waals surface area (Å²) in [5.41, 5.74) is 4.34. The first-order valence-corrected chi connectivity index (χ1v) is 10.0. The molecule has 0 aromatic heterocycles. The van der Waals surface area contributed by atoms with Gasteiger partial charge in [0.05, 0.1) is 11.6 Å². The predicted molar refractivity (Wildman–Crippen MR) is 115 cm³/mol. The second-order valence-electron chi connectivity index (χ2n) is 6.84. The third kappa shape index (κ3) is 6.21. The maximum atomic E-state index is 13.1. The molecule has 3 aromatic rings. The van der Waals surface area contributed by atoms with Gasteiger partial charge in [-0.05, 0) is 54.8 Å². The molecule has 0 amide bonds. The Hall–Kier alpha value is -2.56. The summed E-state index contributed by atoms with van der Waals surface area (Å²) in [6.07, 6.45) is 0. The van der Waals surface area contributed by atoms with E-state index in [-0.39, 0.29) is 12.4 Å². The summed E-state index contributed by atoms with van der Waals surface area (Å²) in [6, 6.07) is 18.5. The Balaban J connectivity index is 1.66. The largest absolute Gasteiger partial charge is 0.490 e. The number of ether oxygens (including phenoxy) is 2. The van der Waals surface area contributed by atoms with Gasteiger partial charge in [-0.15, -0.1) is 0 Å². The Morgan fingerprint density at radius 3 is 2.21 bits per heavy atom. The van der Waals surface area contributed by atoms with Crippen molar-refractivity contribution < 1.29 is 13.9 Å². The predicted octanol–water partition coefficient (Wildman–Crippen LogP) is 6.06. The van der Waals surface area contributed by atoms with Gasteiger partial charge in [0, 0.05) is 13.1 Å². The van der Waals surface area contributed by atoms with Crippen molar-refractivity contribution >= 4 is 11.6 Å². The number of rotatable bonds is 9. The van der Waals surface area contributed by atoms with E-state index in [0.29, 0.717) is 29.7 Å². The molecule has 152 valence electrons. The average molecular weight is 414 g/mol. The molecule has 29 heavy (non-hydrogen) atoms. The van der Waals surface area contributed by atoms with Crippen LogP contribution in [0.2, 0.25) is 5.02 Å². The lowest BCUT2D eigenvalue weighted by Gasteiger charge is -2.16. The lowest BCUT2D eigenvalue weighted by Crippen LogP contribution is -2.13. The molecule has 0 aliphatic carbocycles. The first-order chi connectivity index (χ1) is 14.0. The molecule has 0 bridgehead atoms. The van der Waals surface area contributed by atoms with Crippen LogP contribution >= 0.6 is 11.6 Å². The number of benzene rings is 3. The van der Waals surface area contributed by atoms with E-state index in [0.717, 1.165) is 17.7 Å². The van der Waals surface area contributed by atoms with Crippen LogP contribution in [0.25, 0.3) is 0 Å². The number of hydrogen-bond donors (Lipinski definition) is 1. The van der Waals surface area contributed by atoms with E-state index in [2.05, 4.69) is 36.5 Å². The average Bonchev–Trinajstić information content (AvgIpc) is 2.70. The van der Waals surface area contributed by atoms with Crippen LogP contribution in [0, 0.1) is 12.7 Å². The number of nitrogens with one attached hydrogen (secondary N) is 1. The van der Waals surface area contributed by atoms with E-state index in [1.165, 1.54) is 23.3 Å². The van der Waals surface area contributed by atoms with Gasteiger partial charge < -0.3 is 14.8 Å². The molecule has 3 aromatic carbocycles. The molecule has 0 heterocycles. The molecule has 0 atom stereocenters. The smallest absolute Gasteiger partial charge is 0.180 e. The third-order valence-electron chi connectivity index (χ3n) is 4.44. The Bertz CT molecular complexity index is 927. The maximum Gasteiger partial charge on any atom is 0.180 e. The summed E-state index contributed by atoms with van der Waals surface area (Å²) in [7, 11) is 0. The van der Waals surface area contributed by atoms with Crippen LogP contribution < -0.4 is 14.8 Å². The van der Waals surface area contributed by atoms with E-state index < -0.39 is 0 Å². The van der Waals surface area contributed by atoms with E-state index in [4.69, 9.17) is 21.1 Å². The third-order valence-corrected chi connectivity index (χ3v) is 4.73. The minimum absolute atomic E-state index is 0.274. The van der Waals surface area contributed by atoms with Gasteiger partial charge >= 0.3 is 0 Å². The summed E-state index contributed by atoms with van der Waals surface area (Å²) < 4.78 is 24.7. The highest BCUT2D eigenvalue weighted by Crippen LogP contribution is 2.37. The summed E-state index contributed by atoms with van der Waals surface area (Å²) in [6.45, 7) is 6.21. The monoisotopic (exact) mass is 413 g/mol. The van der Waals surface area contributed by atoms with Crippen molar-refractivity contribution in [3.63, 3.8) is 0 Å². The van der Waals surface area contributed by atoms with Crippen molar-refractivity contribution in [1.82, 2.24) is 5.32 Å². The standard InChI is InChI=1S/C24H25ClFNO2/c1-3-28-23-13-20(15-27-14-18-6-4-17(2)5-7-18)12-22(25)24(23)29-16-19-8-10-21(26)11-9-19/h4-13,27H,3,14-16H2,1-2H3. The minimum atomic E-state index is -0.274. The summed E-state index contributed by atoms with van der Waals surface area (Å²) in [4.78, 5) is 0. The highest BCUT2D eigenvalue weighted by Gasteiger charge is 2.13. The summed E-state index contributed by atoms with van der Waals surface area (Å²) in [5, 5.41) is 3.92. The molecule has 0 saturated heterocycles. The van der Waals surface area contributed by atoms with Gasteiger partial charge in [-0.2, -0.15) is 0 Å². The maximum absolute atomic E-state index is 13.1. The van der Waals surface area contributed by atoms with Gasteiger partial charge in [0.25, 0.3) is 0 Å². The molecule has 0 saturated carbocycles. The van der Waals surface area contributed by atoms with Crippen LogP contribution in [0.1, 0.15) is 29.2 Å². The zero-order chi connectivity index (χ0) is 20.6. The quantitative estimate of drug-likeness (QED) is 0.462. The van der Waals surface area contributed by atoms with Crippen molar-refractivity contribution in [3.05, 3.63) is 93.8 Å². The first-order valence-electron chi connectivity index (χ1n) is 9.64. The van der Waals surface area contributed by atoms with E-state index >= 15 is 0 Å². The van der Waals surface area contributed by atoms with Crippen molar-refractivity contribution in [3.8, 4) is 11.5 Å². The fourth-order valence-corrected chi connectivity index (χ4v) is 3.21. The van der Waals surface area contributed by atoms with Crippen molar-refractivity contribution in [2.24, 2.45) is 0 Å². The van der Waals surface area contributed by atoms with Crippen LogP contribution in [0.15, 0.2) is 60.7 Å². The summed E-state index contributed by atoms with van der Waals surface area (Å²) >= 11 is 6.48. The first kappa shape index (κ1) is 21.2. The van der Waals surface area contributed by atoms with Crippen LogP contribution in [0.3, 0.4) is 0 Å². The van der Waals surface area contributed by atoms with Crippen LogP contribution in [-0.4, -0.2) is 6.61 Å². The molecular formula is C24H25ClFNO2. The van der Waals surface area contributed by atoms with Gasteiger partial charge in [0.1, 0.15) is 12.4 Å². The lowest BCUT2D eigenvalue weighted by atomic mass is 10.1. The van der Waals surface area contributed by atoms with Gasteiger partial charge in [-0.3, -0.25) is 0 Å². The Kier molecular flexibility index (Phi) is 7.50. The van der Waals surface area contributed by atoms with Crippen molar-refractivity contribution in [1.29, 1.82) is 0 Å². The number of aryl methyl sites for hydroxylation is 1. The SMILES string of the molecule is CCOc1cc(CNCc2ccc(C)cc2)cc(Cl)c1OCc1ccc(F)cc1. The molecule has 1 N–H and O–H groups in total. The molecule has 0 aliphatic heterocycles. The number of hydrogen-bond acceptors (Lipinski definition) is 3. The molecule has 0 radical (unpaired) electrons. The molecular weight excluding hydrogens is 389 g/mol. The Morgan fingerprint density at radius 1 is 0.862 bits per heavy atom. The molecule has 0 aliphatic rings. The zero-order valence-electron chi connectivity index (χ0n) is 16.7. The highest BCUT2D eigenvalue weighted by atomic mass is 35.5. The summed E-state index contributed by atoms with van der Waals surface area (Å²) in [5.74, 6) is 0.832. The fraction of sp³-hybridized carbons (Fsp3) is 0.250. The fourth-order valence-electron chi connectivity index (χ4n) is 2.92. The zero-order valence-corrected chi connectivity index (χ0v) is 17.4. The number of halogens is 2. The van der Waals surface area contributed by atoms with Crippen molar-refractivity contribution in [2.45, 2.75) is 33.5 Å². The Morgan fingerprint density at radius 2 is 1.52 bits per heavy atom. The molecule has 0 fully saturated rings. The van der Waals surface area contributed by atoms with Crippen molar-refractivity contribution in [2.75, 3.05) is 6.61 Å². The topological polar surface area (TPSA) is 30.5 Å². The minimum Gasteiger partial charge on any atom is -0.490 e. The van der Waals surface area contributed by atoms with Crippen LogP contribution in [-0.2, 0) is 19.7 Å². The second-order valence-corrected chi connectivity index (χ2v) is 7.25. The Labute approximate surface area is 176 Å². The molecule has 3 rings (SSSR count). The lowest BCUT2D eigenvalue weighted by molar-refractivity contribution is 0.269. The normalized spacial score (nSPS) is 10.8. The second kappa shape index (κ2) is 10.3. The molecule has 3 nitrogen and oxygen atoms in total. The molecule has 0 spiro atoms. The highest BCUT2D eigenvalue weighted by molar-refractivity contribution is 6.32. The van der Waals surface area contributed by atoms with Crippen LogP contribution in [0.4, 0.5) is 4.39 Å². The van der Waals surface area contributed by atoms with Gasteiger partial charge in [-0.25, -0.2) is 4.39 Å². The van der Waals surface area contributed by atoms with Gasteiger partial charge in [0.2, 0.25) is 0 Å². The molecule has 0 unspecified atom stereocenters. The van der Waals surface area contributed by atoms with E-state index in [1.807, 2.05) is 19.1 Å².